The Bertz CT molecular complexity index is 642. The van der Waals surface area contributed by atoms with Gasteiger partial charge in [0.05, 0.1) is 17.2 Å². The standard InChI is InChI=1S/C18H24N2O4/c1-3-5-16(21)20-9-4-6-13(11-20)17(22)19-15-8-7-12(2)10-14(15)18(23)24/h7-8,10,13H,3-6,9,11H2,1-2H3,(H,19,22)(H,23,24). The normalized spacial score (nSPS) is 17.4. The number of aromatic carboxylic acids is 1. The molecule has 2 rings (SSSR count). The smallest absolute Gasteiger partial charge is 0.337 e. The van der Waals surface area contributed by atoms with Gasteiger partial charge in [-0.2, -0.15) is 0 Å². The first kappa shape index (κ1) is 18.0. The number of hydrogen-bond donors (Lipinski definition) is 2. The highest BCUT2D eigenvalue weighted by atomic mass is 16.4. The third-order valence-electron chi connectivity index (χ3n) is 4.27. The molecule has 1 aliphatic rings. The molecule has 0 aliphatic carbocycles. The lowest BCUT2D eigenvalue weighted by molar-refractivity contribution is -0.134. The SMILES string of the molecule is CCCC(=O)N1CCCC(C(=O)Nc2ccc(C)cc2C(=O)O)C1. The van der Waals surface area contributed by atoms with Crippen LogP contribution >= 0.6 is 0 Å². The molecule has 0 radical (unpaired) electrons. The van der Waals surface area contributed by atoms with Gasteiger partial charge < -0.3 is 15.3 Å². The fourth-order valence-electron chi connectivity index (χ4n) is 2.97. The average molecular weight is 332 g/mol. The Kier molecular flexibility index (Phi) is 5.95. The van der Waals surface area contributed by atoms with E-state index in [0.29, 0.717) is 31.6 Å². The van der Waals surface area contributed by atoms with Crippen molar-refractivity contribution in [2.24, 2.45) is 5.92 Å². The summed E-state index contributed by atoms with van der Waals surface area (Å²) in [5, 5.41) is 12.0. The fraction of sp³-hybridized carbons (Fsp3) is 0.500. The summed E-state index contributed by atoms with van der Waals surface area (Å²) in [6.45, 7) is 4.85. The van der Waals surface area contributed by atoms with E-state index in [4.69, 9.17) is 0 Å². The van der Waals surface area contributed by atoms with Crippen LogP contribution in [0.4, 0.5) is 5.69 Å². The van der Waals surface area contributed by atoms with Crippen molar-refractivity contribution in [3.8, 4) is 0 Å². The van der Waals surface area contributed by atoms with E-state index in [-0.39, 0.29) is 23.3 Å². The topological polar surface area (TPSA) is 86.7 Å². The zero-order valence-corrected chi connectivity index (χ0v) is 14.2. The van der Waals surface area contributed by atoms with Crippen molar-refractivity contribution in [2.45, 2.75) is 39.5 Å². The molecule has 1 atom stereocenters. The van der Waals surface area contributed by atoms with Crippen LogP contribution in [0.15, 0.2) is 18.2 Å². The quantitative estimate of drug-likeness (QED) is 0.868. The molecule has 130 valence electrons. The van der Waals surface area contributed by atoms with Gasteiger partial charge in [0.15, 0.2) is 0 Å². The molecule has 24 heavy (non-hydrogen) atoms. The van der Waals surface area contributed by atoms with Crippen molar-refractivity contribution in [1.82, 2.24) is 4.90 Å². The summed E-state index contributed by atoms with van der Waals surface area (Å²) < 4.78 is 0. The highest BCUT2D eigenvalue weighted by molar-refractivity contribution is 6.01. The molecule has 1 aromatic carbocycles. The molecule has 0 saturated carbocycles. The first-order valence-corrected chi connectivity index (χ1v) is 8.35. The first-order valence-electron chi connectivity index (χ1n) is 8.35. The number of piperidine rings is 1. The molecular formula is C18H24N2O4. The predicted molar refractivity (Wildman–Crippen MR) is 91.0 cm³/mol. The summed E-state index contributed by atoms with van der Waals surface area (Å²) in [6.07, 6.45) is 2.77. The maximum absolute atomic E-state index is 12.5. The average Bonchev–Trinajstić information content (AvgIpc) is 2.56. The number of anilines is 1. The zero-order valence-electron chi connectivity index (χ0n) is 14.2. The van der Waals surface area contributed by atoms with Gasteiger partial charge >= 0.3 is 5.97 Å². The molecule has 2 amide bonds. The van der Waals surface area contributed by atoms with Crippen LogP contribution in [0.5, 0.6) is 0 Å². The van der Waals surface area contributed by atoms with Gasteiger partial charge in [0.1, 0.15) is 0 Å². The number of carboxylic acids is 1. The second-order valence-electron chi connectivity index (χ2n) is 6.27. The van der Waals surface area contributed by atoms with Crippen LogP contribution < -0.4 is 5.32 Å². The number of carbonyl (C=O) groups excluding carboxylic acids is 2. The van der Waals surface area contributed by atoms with E-state index < -0.39 is 5.97 Å². The molecule has 1 aromatic rings. The van der Waals surface area contributed by atoms with Crippen molar-refractivity contribution in [3.05, 3.63) is 29.3 Å². The fourth-order valence-corrected chi connectivity index (χ4v) is 2.97. The molecule has 1 aliphatic heterocycles. The third kappa shape index (κ3) is 4.34. The van der Waals surface area contributed by atoms with Gasteiger partial charge in [0.25, 0.3) is 0 Å². The van der Waals surface area contributed by atoms with Gasteiger partial charge in [0, 0.05) is 19.5 Å². The second-order valence-corrected chi connectivity index (χ2v) is 6.27. The number of nitrogens with zero attached hydrogens (tertiary/aromatic N) is 1. The summed E-state index contributed by atoms with van der Waals surface area (Å²) in [4.78, 5) is 37.6. The molecule has 1 fully saturated rings. The molecule has 6 heteroatoms. The maximum atomic E-state index is 12.5. The van der Waals surface area contributed by atoms with Crippen LogP contribution in [0.25, 0.3) is 0 Å². The lowest BCUT2D eigenvalue weighted by Crippen LogP contribution is -2.43. The molecule has 0 aromatic heterocycles. The van der Waals surface area contributed by atoms with Gasteiger partial charge in [0.2, 0.25) is 11.8 Å². The van der Waals surface area contributed by atoms with Crippen molar-refractivity contribution >= 4 is 23.5 Å². The van der Waals surface area contributed by atoms with Gasteiger partial charge in [-0.1, -0.05) is 18.6 Å². The predicted octanol–water partition coefficient (Wildman–Crippen LogP) is 2.67. The van der Waals surface area contributed by atoms with E-state index >= 15 is 0 Å². The lowest BCUT2D eigenvalue weighted by atomic mass is 9.96. The van der Waals surface area contributed by atoms with Crippen LogP contribution in [0.2, 0.25) is 0 Å². The van der Waals surface area contributed by atoms with E-state index in [1.807, 2.05) is 6.92 Å². The Morgan fingerprint density at radius 2 is 2.08 bits per heavy atom. The van der Waals surface area contributed by atoms with E-state index in [1.54, 1.807) is 24.0 Å². The largest absolute Gasteiger partial charge is 0.478 e. The van der Waals surface area contributed by atoms with Crippen molar-refractivity contribution in [3.63, 3.8) is 0 Å². The molecule has 0 bridgehead atoms. The van der Waals surface area contributed by atoms with Gasteiger partial charge in [-0.15, -0.1) is 0 Å². The van der Waals surface area contributed by atoms with Crippen LogP contribution in [0.3, 0.4) is 0 Å². The number of rotatable bonds is 5. The summed E-state index contributed by atoms with van der Waals surface area (Å²) in [7, 11) is 0. The minimum atomic E-state index is -1.07. The van der Waals surface area contributed by atoms with Gasteiger partial charge in [-0.05, 0) is 38.3 Å². The minimum absolute atomic E-state index is 0.0801. The second kappa shape index (κ2) is 7.95. The Labute approximate surface area is 141 Å². The molecule has 1 saturated heterocycles. The Morgan fingerprint density at radius 1 is 1.33 bits per heavy atom. The minimum Gasteiger partial charge on any atom is -0.478 e. The summed E-state index contributed by atoms with van der Waals surface area (Å²) in [6, 6.07) is 4.91. The molecule has 6 nitrogen and oxygen atoms in total. The van der Waals surface area contributed by atoms with Crippen LogP contribution in [-0.4, -0.2) is 40.9 Å². The number of hydrogen-bond acceptors (Lipinski definition) is 3. The maximum Gasteiger partial charge on any atom is 0.337 e. The van der Waals surface area contributed by atoms with Crippen molar-refractivity contribution in [2.75, 3.05) is 18.4 Å². The highest BCUT2D eigenvalue weighted by Crippen LogP contribution is 2.22. The van der Waals surface area contributed by atoms with E-state index in [9.17, 15) is 19.5 Å². The van der Waals surface area contributed by atoms with Crippen LogP contribution in [0.1, 0.15) is 48.5 Å². The Balaban J connectivity index is 2.07. The zero-order chi connectivity index (χ0) is 17.7. The number of nitrogens with one attached hydrogen (secondary N) is 1. The number of aryl methyl sites for hydroxylation is 1. The Hall–Kier alpha value is -2.37. The van der Waals surface area contributed by atoms with Gasteiger partial charge in [-0.3, -0.25) is 9.59 Å². The number of amides is 2. The van der Waals surface area contributed by atoms with E-state index in [2.05, 4.69) is 5.32 Å². The summed E-state index contributed by atoms with van der Waals surface area (Å²) in [5.41, 5.74) is 1.20. The Morgan fingerprint density at radius 3 is 2.75 bits per heavy atom. The van der Waals surface area contributed by atoms with Gasteiger partial charge in [-0.25, -0.2) is 4.79 Å². The molecule has 1 heterocycles. The highest BCUT2D eigenvalue weighted by Gasteiger charge is 2.28. The molecule has 1 unspecified atom stereocenters. The lowest BCUT2D eigenvalue weighted by Gasteiger charge is -2.32. The monoisotopic (exact) mass is 332 g/mol. The molecule has 2 N–H and O–H groups in total. The summed E-state index contributed by atoms with van der Waals surface area (Å²) in [5.74, 6) is -1.52. The van der Waals surface area contributed by atoms with E-state index in [1.165, 1.54) is 6.07 Å². The van der Waals surface area contributed by atoms with E-state index in [0.717, 1.165) is 18.4 Å². The van der Waals surface area contributed by atoms with Crippen LogP contribution in [0, 0.1) is 12.8 Å². The number of carboxylic acid groups (broad SMARTS) is 1. The van der Waals surface area contributed by atoms with Crippen molar-refractivity contribution < 1.29 is 19.5 Å². The van der Waals surface area contributed by atoms with Crippen molar-refractivity contribution in [1.29, 1.82) is 0 Å². The number of carbonyl (C=O) groups is 3. The molecule has 0 spiro atoms. The first-order chi connectivity index (χ1) is 11.4. The summed E-state index contributed by atoms with van der Waals surface area (Å²) >= 11 is 0. The number of likely N-dealkylation sites (tertiary alicyclic amines) is 1. The number of benzene rings is 1. The van der Waals surface area contributed by atoms with Crippen LogP contribution in [-0.2, 0) is 9.59 Å². The molecular weight excluding hydrogens is 308 g/mol. The third-order valence-corrected chi connectivity index (χ3v) is 4.27.